The molecule has 1 rings (SSSR count). The van der Waals surface area contributed by atoms with Crippen molar-refractivity contribution in [2.45, 2.75) is 0 Å². The second kappa shape index (κ2) is 1.57. The average Bonchev–Trinajstić information content (AvgIpc) is 2.14. The van der Waals surface area contributed by atoms with E-state index in [4.69, 9.17) is 5.84 Å². The Kier molecular flexibility index (Phi) is 0.910. The van der Waals surface area contributed by atoms with Gasteiger partial charge >= 0.3 is 6.01 Å². The van der Waals surface area contributed by atoms with Crippen molar-refractivity contribution in [3.63, 3.8) is 0 Å². The number of nitrogens with one attached hydrogen (secondary N) is 1. The second-order valence-corrected chi connectivity index (χ2v) is 0.888. The minimum atomic E-state index is 0.222. The van der Waals surface area contributed by atoms with Gasteiger partial charge < -0.3 is 4.42 Å². The predicted octanol–water partition coefficient (Wildman–Crippen LogP) is -0.645. The van der Waals surface area contributed by atoms with Crippen LogP contribution < -0.4 is 11.3 Å². The van der Waals surface area contributed by atoms with E-state index in [9.17, 15) is 0 Å². The van der Waals surface area contributed by atoms with Crippen LogP contribution in [0.3, 0.4) is 0 Å². The summed E-state index contributed by atoms with van der Waals surface area (Å²) in [4.78, 5) is 0. The average molecular weight is 100 g/mol. The van der Waals surface area contributed by atoms with Crippen molar-refractivity contribution >= 4 is 6.01 Å². The normalized spacial score (nSPS) is 8.71. The maximum Gasteiger partial charge on any atom is 0.329 e. The number of hydrogen-bond acceptors (Lipinski definition) is 5. The summed E-state index contributed by atoms with van der Waals surface area (Å²) in [6.45, 7) is 0. The molecule has 0 spiro atoms. The Morgan fingerprint density at radius 2 is 2.71 bits per heavy atom. The van der Waals surface area contributed by atoms with E-state index in [2.05, 4.69) is 20.0 Å². The molecule has 0 atom stereocenters. The lowest BCUT2D eigenvalue weighted by molar-refractivity contribution is 0.567. The first-order chi connectivity index (χ1) is 3.43. The van der Waals surface area contributed by atoms with Crippen molar-refractivity contribution < 1.29 is 4.42 Å². The smallest absolute Gasteiger partial charge is 0.329 e. The van der Waals surface area contributed by atoms with E-state index in [0.29, 0.717) is 0 Å². The van der Waals surface area contributed by atoms with Crippen molar-refractivity contribution in [1.29, 1.82) is 0 Å². The van der Waals surface area contributed by atoms with Crippen LogP contribution in [0, 0.1) is 0 Å². The molecule has 5 heteroatoms. The van der Waals surface area contributed by atoms with Crippen molar-refractivity contribution in [2.75, 3.05) is 5.43 Å². The van der Waals surface area contributed by atoms with E-state index >= 15 is 0 Å². The fourth-order valence-electron chi connectivity index (χ4n) is 0.236. The van der Waals surface area contributed by atoms with Gasteiger partial charge in [0.15, 0.2) is 0 Å². The largest absolute Gasteiger partial charge is 0.410 e. The minimum Gasteiger partial charge on any atom is -0.410 e. The van der Waals surface area contributed by atoms with E-state index in [0.717, 1.165) is 0 Å². The fourth-order valence-corrected chi connectivity index (χ4v) is 0.236. The molecule has 0 aromatic carbocycles. The maximum absolute atomic E-state index is 4.85. The third-order valence-corrected chi connectivity index (χ3v) is 0.484. The zero-order valence-electron chi connectivity index (χ0n) is 3.46. The summed E-state index contributed by atoms with van der Waals surface area (Å²) in [5.74, 6) is 4.85. The summed E-state index contributed by atoms with van der Waals surface area (Å²) >= 11 is 0. The summed E-state index contributed by atoms with van der Waals surface area (Å²) in [6.07, 6.45) is 1.19. The molecule has 0 aliphatic carbocycles. The first-order valence-electron chi connectivity index (χ1n) is 1.66. The van der Waals surface area contributed by atoms with Crippen molar-refractivity contribution in [3.8, 4) is 0 Å². The highest BCUT2D eigenvalue weighted by atomic mass is 16.4. The topological polar surface area (TPSA) is 77.0 Å². The SMILES string of the molecule is NNc1nnco1. The van der Waals surface area contributed by atoms with Gasteiger partial charge in [-0.3, -0.25) is 5.43 Å². The number of nitrogens with two attached hydrogens (primary N) is 1. The number of nitrogen functional groups attached to an aromatic ring is 1. The molecule has 1 aromatic heterocycles. The Balaban J connectivity index is 2.76. The quantitative estimate of drug-likeness (QED) is 0.362. The molecule has 0 amide bonds. The number of hydrazine groups is 1. The van der Waals surface area contributed by atoms with Crippen LogP contribution in [0.1, 0.15) is 0 Å². The molecule has 0 radical (unpaired) electrons. The monoisotopic (exact) mass is 100 g/mol. The molecular formula is C2H4N4O. The van der Waals surface area contributed by atoms with E-state index in [1.807, 2.05) is 0 Å². The third-order valence-electron chi connectivity index (χ3n) is 0.484. The van der Waals surface area contributed by atoms with E-state index in [-0.39, 0.29) is 6.01 Å². The number of hydrogen-bond donors (Lipinski definition) is 2. The zero-order valence-corrected chi connectivity index (χ0v) is 3.46. The lowest BCUT2D eigenvalue weighted by Crippen LogP contribution is -2.06. The summed E-state index contributed by atoms with van der Waals surface area (Å²) in [6, 6.07) is 0.222. The number of aromatic nitrogens is 2. The van der Waals surface area contributed by atoms with Gasteiger partial charge in [0.05, 0.1) is 0 Å². The Hall–Kier alpha value is -1.10. The van der Waals surface area contributed by atoms with Crippen LogP contribution in [0.5, 0.6) is 0 Å². The van der Waals surface area contributed by atoms with Gasteiger partial charge in [-0.15, -0.1) is 5.10 Å². The van der Waals surface area contributed by atoms with Crippen LogP contribution in [0.25, 0.3) is 0 Å². The molecule has 0 saturated heterocycles. The molecule has 38 valence electrons. The van der Waals surface area contributed by atoms with Gasteiger partial charge in [0, 0.05) is 0 Å². The maximum atomic E-state index is 4.85. The van der Waals surface area contributed by atoms with Crippen LogP contribution in [-0.2, 0) is 0 Å². The van der Waals surface area contributed by atoms with Crippen LogP contribution >= 0.6 is 0 Å². The first kappa shape index (κ1) is 4.07. The Labute approximate surface area is 39.5 Å². The number of rotatable bonds is 1. The summed E-state index contributed by atoms with van der Waals surface area (Å²) < 4.78 is 4.52. The van der Waals surface area contributed by atoms with Gasteiger partial charge in [-0.25, -0.2) is 5.84 Å². The predicted molar refractivity (Wildman–Crippen MR) is 22.1 cm³/mol. The number of anilines is 1. The van der Waals surface area contributed by atoms with Gasteiger partial charge in [0.2, 0.25) is 6.39 Å². The van der Waals surface area contributed by atoms with Crippen molar-refractivity contribution in [2.24, 2.45) is 5.84 Å². The summed E-state index contributed by atoms with van der Waals surface area (Å²) in [7, 11) is 0. The second-order valence-electron chi connectivity index (χ2n) is 0.888. The summed E-state index contributed by atoms with van der Waals surface area (Å²) in [5.41, 5.74) is 2.17. The molecule has 0 bridgehead atoms. The Morgan fingerprint density at radius 3 is 3.00 bits per heavy atom. The molecule has 3 N–H and O–H groups in total. The van der Waals surface area contributed by atoms with E-state index in [1.165, 1.54) is 6.39 Å². The molecule has 0 fully saturated rings. The van der Waals surface area contributed by atoms with Gasteiger partial charge in [-0.05, 0) is 0 Å². The van der Waals surface area contributed by atoms with Crippen molar-refractivity contribution in [3.05, 3.63) is 6.39 Å². The molecule has 0 saturated carbocycles. The minimum absolute atomic E-state index is 0.222. The fraction of sp³-hybridized carbons (Fsp3) is 0. The Morgan fingerprint density at radius 1 is 1.86 bits per heavy atom. The lowest BCUT2D eigenvalue weighted by Gasteiger charge is -1.81. The zero-order chi connectivity index (χ0) is 5.11. The van der Waals surface area contributed by atoms with Crippen LogP contribution in [0.2, 0.25) is 0 Å². The highest BCUT2D eigenvalue weighted by molar-refractivity contribution is 5.10. The van der Waals surface area contributed by atoms with Crippen LogP contribution in [-0.4, -0.2) is 10.2 Å². The molecule has 0 aliphatic rings. The standard InChI is InChI=1S/C2H4N4O/c3-5-2-6-4-1-7-2/h1H,3H2,(H,5,6). The molecule has 1 heterocycles. The van der Waals surface area contributed by atoms with Crippen LogP contribution in [0.15, 0.2) is 10.8 Å². The van der Waals surface area contributed by atoms with Gasteiger partial charge in [0.25, 0.3) is 0 Å². The molecule has 0 aliphatic heterocycles. The number of nitrogens with zero attached hydrogens (tertiary/aromatic N) is 2. The highest BCUT2D eigenvalue weighted by Gasteiger charge is 1.87. The molecule has 0 unspecified atom stereocenters. The summed E-state index contributed by atoms with van der Waals surface area (Å²) in [5, 5.41) is 6.72. The van der Waals surface area contributed by atoms with E-state index < -0.39 is 0 Å². The third kappa shape index (κ3) is 0.660. The highest BCUT2D eigenvalue weighted by Crippen LogP contribution is 1.91. The van der Waals surface area contributed by atoms with Gasteiger partial charge in [0.1, 0.15) is 0 Å². The molecule has 7 heavy (non-hydrogen) atoms. The first-order valence-corrected chi connectivity index (χ1v) is 1.66. The Bertz CT molecular complexity index is 124. The van der Waals surface area contributed by atoms with Gasteiger partial charge in [-0.1, -0.05) is 5.10 Å². The lowest BCUT2D eigenvalue weighted by atomic mass is 11.2. The molecular weight excluding hydrogens is 96.0 g/mol. The molecule has 5 nitrogen and oxygen atoms in total. The molecule has 1 aromatic rings. The van der Waals surface area contributed by atoms with Crippen LogP contribution in [0.4, 0.5) is 6.01 Å². The van der Waals surface area contributed by atoms with E-state index in [1.54, 1.807) is 0 Å². The van der Waals surface area contributed by atoms with Crippen molar-refractivity contribution in [1.82, 2.24) is 10.2 Å². The van der Waals surface area contributed by atoms with Gasteiger partial charge in [-0.2, -0.15) is 0 Å².